The van der Waals surface area contributed by atoms with Gasteiger partial charge in [0, 0.05) is 18.0 Å². The normalized spacial score (nSPS) is 13.1. The summed E-state index contributed by atoms with van der Waals surface area (Å²) in [6.07, 6.45) is 7.63. The van der Waals surface area contributed by atoms with Crippen molar-refractivity contribution < 1.29 is 9.59 Å². The second-order valence-corrected chi connectivity index (χ2v) is 7.30. The minimum atomic E-state index is -0.599. The molecule has 2 amide bonds. The van der Waals surface area contributed by atoms with Crippen LogP contribution in [-0.2, 0) is 6.54 Å². The number of fused-ring (bicyclic) bond motifs is 2. The summed E-state index contributed by atoms with van der Waals surface area (Å²) in [5, 5.41) is 7.60. The van der Waals surface area contributed by atoms with Gasteiger partial charge in [0.2, 0.25) is 0 Å². The minimum absolute atomic E-state index is 0.0203. The van der Waals surface area contributed by atoms with Gasteiger partial charge in [0.05, 0.1) is 28.5 Å². The Morgan fingerprint density at radius 3 is 2.62 bits per heavy atom. The fraction of sp³-hybridized carbons (Fsp3) is 0.333. The number of rotatable bonds is 7. The summed E-state index contributed by atoms with van der Waals surface area (Å²) in [6, 6.07) is 6.62. The van der Waals surface area contributed by atoms with Gasteiger partial charge in [-0.1, -0.05) is 32.6 Å². The van der Waals surface area contributed by atoms with Crippen LogP contribution < -0.4 is 16.6 Å². The molecule has 4 rings (SSSR count). The molecule has 3 aromatic rings. The van der Waals surface area contributed by atoms with Crippen molar-refractivity contribution in [3.8, 4) is 5.69 Å². The van der Waals surface area contributed by atoms with Crippen LogP contribution in [0.25, 0.3) is 16.6 Å². The van der Waals surface area contributed by atoms with E-state index in [2.05, 4.69) is 17.3 Å². The number of nitrogen functional groups attached to an aromatic ring is 1. The topological polar surface area (TPSA) is 112 Å². The van der Waals surface area contributed by atoms with E-state index in [4.69, 9.17) is 5.73 Å². The predicted octanol–water partition coefficient (Wildman–Crippen LogP) is 2.62. The fourth-order valence-electron chi connectivity index (χ4n) is 3.79. The first-order valence-corrected chi connectivity index (χ1v) is 9.88. The molecule has 1 aliphatic heterocycles. The molecule has 1 aromatic carbocycles. The van der Waals surface area contributed by atoms with E-state index in [1.807, 2.05) is 16.8 Å². The van der Waals surface area contributed by atoms with Gasteiger partial charge in [0.15, 0.2) is 0 Å². The summed E-state index contributed by atoms with van der Waals surface area (Å²) in [5.41, 5.74) is 7.16. The molecule has 0 saturated heterocycles. The lowest BCUT2D eigenvalue weighted by Gasteiger charge is -2.12. The number of aryl methyl sites for hydroxylation is 1. The number of anilines is 1. The summed E-state index contributed by atoms with van der Waals surface area (Å²) in [7, 11) is 0. The molecule has 150 valence electrons. The van der Waals surface area contributed by atoms with Crippen LogP contribution in [0.4, 0.5) is 5.82 Å². The minimum Gasteiger partial charge on any atom is -0.384 e. The van der Waals surface area contributed by atoms with Gasteiger partial charge in [0.25, 0.3) is 17.4 Å². The Balaban J connectivity index is 1.71. The van der Waals surface area contributed by atoms with E-state index in [0.717, 1.165) is 36.4 Å². The predicted molar refractivity (Wildman–Crippen MR) is 110 cm³/mol. The van der Waals surface area contributed by atoms with Crippen molar-refractivity contribution in [2.75, 3.05) is 5.73 Å². The highest BCUT2D eigenvalue weighted by atomic mass is 16.2. The van der Waals surface area contributed by atoms with Gasteiger partial charge in [-0.2, -0.15) is 5.10 Å². The summed E-state index contributed by atoms with van der Waals surface area (Å²) in [4.78, 5) is 36.6. The smallest absolute Gasteiger partial charge is 0.262 e. The number of carbonyl (C=O) groups is 2. The van der Waals surface area contributed by atoms with Crippen LogP contribution >= 0.6 is 0 Å². The maximum Gasteiger partial charge on any atom is 0.262 e. The molecule has 0 unspecified atom stereocenters. The van der Waals surface area contributed by atoms with Crippen molar-refractivity contribution in [3.05, 3.63) is 51.9 Å². The zero-order chi connectivity index (χ0) is 20.5. The standard InChI is InChI=1S/C21H23N5O3/c1-2-3-4-5-6-9-25-16-10-14(8-7-13(16)12-23-25)26-17(27)11-15-18(19(26)22)21(29)24-20(15)28/h7-8,10-12H,2-6,9,22H2,1H3,(H,24,28,29). The fourth-order valence-corrected chi connectivity index (χ4v) is 3.79. The largest absolute Gasteiger partial charge is 0.384 e. The third kappa shape index (κ3) is 3.30. The summed E-state index contributed by atoms with van der Waals surface area (Å²) >= 11 is 0. The molecule has 0 radical (unpaired) electrons. The second-order valence-electron chi connectivity index (χ2n) is 7.30. The van der Waals surface area contributed by atoms with Crippen LogP contribution in [0, 0.1) is 0 Å². The molecule has 0 fully saturated rings. The number of hydrogen-bond acceptors (Lipinski definition) is 5. The zero-order valence-electron chi connectivity index (χ0n) is 16.3. The highest BCUT2D eigenvalue weighted by Crippen LogP contribution is 2.25. The van der Waals surface area contributed by atoms with Crippen LogP contribution in [0.5, 0.6) is 0 Å². The van der Waals surface area contributed by atoms with Crippen LogP contribution in [-0.4, -0.2) is 26.2 Å². The first-order valence-electron chi connectivity index (χ1n) is 9.88. The van der Waals surface area contributed by atoms with Gasteiger partial charge >= 0.3 is 0 Å². The van der Waals surface area contributed by atoms with Gasteiger partial charge in [0.1, 0.15) is 5.82 Å². The van der Waals surface area contributed by atoms with E-state index < -0.39 is 17.4 Å². The average molecular weight is 393 g/mol. The number of hydrogen-bond donors (Lipinski definition) is 2. The van der Waals surface area contributed by atoms with Crippen molar-refractivity contribution in [1.82, 2.24) is 19.7 Å². The number of nitrogens with zero attached hydrogens (tertiary/aromatic N) is 3. The van der Waals surface area contributed by atoms with E-state index in [0.29, 0.717) is 5.69 Å². The molecule has 2 aromatic heterocycles. The molecular weight excluding hydrogens is 370 g/mol. The number of carbonyl (C=O) groups excluding carboxylic acids is 2. The molecule has 1 aliphatic rings. The highest BCUT2D eigenvalue weighted by Gasteiger charge is 2.31. The van der Waals surface area contributed by atoms with Crippen molar-refractivity contribution in [3.63, 3.8) is 0 Å². The maximum atomic E-state index is 12.7. The molecule has 29 heavy (non-hydrogen) atoms. The van der Waals surface area contributed by atoms with Crippen LogP contribution in [0.3, 0.4) is 0 Å². The molecule has 0 saturated carbocycles. The van der Waals surface area contributed by atoms with Gasteiger partial charge < -0.3 is 5.73 Å². The molecule has 8 heteroatoms. The van der Waals surface area contributed by atoms with Gasteiger partial charge in [-0.15, -0.1) is 0 Å². The number of aromatic nitrogens is 3. The van der Waals surface area contributed by atoms with Crippen LogP contribution in [0.1, 0.15) is 59.7 Å². The molecule has 3 N–H and O–H groups in total. The van der Waals surface area contributed by atoms with E-state index >= 15 is 0 Å². The Morgan fingerprint density at radius 2 is 1.83 bits per heavy atom. The molecule has 0 atom stereocenters. The molecule has 8 nitrogen and oxygen atoms in total. The highest BCUT2D eigenvalue weighted by molar-refractivity contribution is 6.23. The molecule has 3 heterocycles. The number of benzene rings is 1. The maximum absolute atomic E-state index is 12.7. The Labute approximate surface area is 167 Å². The van der Waals surface area contributed by atoms with Crippen molar-refractivity contribution in [1.29, 1.82) is 0 Å². The summed E-state index contributed by atoms with van der Waals surface area (Å²) < 4.78 is 3.19. The number of amides is 2. The number of nitrogens with one attached hydrogen (secondary N) is 1. The third-order valence-corrected chi connectivity index (χ3v) is 5.31. The quantitative estimate of drug-likeness (QED) is 0.473. The van der Waals surface area contributed by atoms with Gasteiger partial charge in [-0.25, -0.2) is 0 Å². The SMILES string of the molecule is CCCCCCCn1ncc2ccc(-n3c(N)c4c(cc3=O)C(=O)NC4=O)cc21. The lowest BCUT2D eigenvalue weighted by molar-refractivity contribution is 0.0880. The molecule has 0 aliphatic carbocycles. The van der Waals surface area contributed by atoms with Crippen molar-refractivity contribution in [2.45, 2.75) is 45.6 Å². The monoisotopic (exact) mass is 393 g/mol. The van der Waals surface area contributed by atoms with E-state index in [9.17, 15) is 14.4 Å². The Hall–Kier alpha value is -3.42. The first kappa shape index (κ1) is 18.9. The van der Waals surface area contributed by atoms with E-state index in [1.54, 1.807) is 12.3 Å². The van der Waals surface area contributed by atoms with E-state index in [-0.39, 0.29) is 16.9 Å². The molecule has 0 bridgehead atoms. The zero-order valence-corrected chi connectivity index (χ0v) is 16.3. The van der Waals surface area contributed by atoms with Crippen molar-refractivity contribution in [2.24, 2.45) is 0 Å². The number of nitrogens with two attached hydrogens (primary N) is 1. The van der Waals surface area contributed by atoms with Gasteiger partial charge in [-0.3, -0.25) is 28.9 Å². The Bertz CT molecular complexity index is 1180. The number of imide groups is 1. The molecule has 0 spiro atoms. The number of pyridine rings is 1. The van der Waals surface area contributed by atoms with Crippen molar-refractivity contribution >= 4 is 28.5 Å². The number of unbranched alkanes of at least 4 members (excludes halogenated alkanes) is 4. The Morgan fingerprint density at radius 1 is 1.03 bits per heavy atom. The van der Waals surface area contributed by atoms with Gasteiger partial charge in [-0.05, 0) is 24.6 Å². The molecular formula is C21H23N5O3. The second kappa shape index (κ2) is 7.54. The lowest BCUT2D eigenvalue weighted by atomic mass is 10.1. The van der Waals surface area contributed by atoms with Crippen LogP contribution in [0.2, 0.25) is 0 Å². The lowest BCUT2D eigenvalue weighted by Crippen LogP contribution is -2.24. The van der Waals surface area contributed by atoms with E-state index in [1.165, 1.54) is 23.8 Å². The first-order chi connectivity index (χ1) is 14.0. The Kier molecular flexibility index (Phi) is 4.92. The average Bonchev–Trinajstić information content (AvgIpc) is 3.22. The summed E-state index contributed by atoms with van der Waals surface area (Å²) in [6.45, 7) is 2.98. The van der Waals surface area contributed by atoms with Crippen LogP contribution in [0.15, 0.2) is 35.3 Å². The third-order valence-electron chi connectivity index (χ3n) is 5.31. The summed E-state index contributed by atoms with van der Waals surface area (Å²) in [5.74, 6) is -1.23.